The molecule has 1 aromatic rings. The third-order valence-corrected chi connectivity index (χ3v) is 7.57. The first kappa shape index (κ1) is 20.1. The number of nitrogens with zero attached hydrogens (tertiary/aromatic N) is 1. The molecule has 3 nitrogen and oxygen atoms in total. The molecule has 3 atom stereocenters. The molecule has 2 saturated carbocycles. The first-order chi connectivity index (χ1) is 13.3. The first-order valence-corrected chi connectivity index (χ1v) is 11.4. The van der Waals surface area contributed by atoms with Gasteiger partial charge in [0.25, 0.3) is 5.91 Å². The Morgan fingerprint density at radius 3 is 2.54 bits per heavy atom. The Kier molecular flexibility index (Phi) is 5.66. The van der Waals surface area contributed by atoms with Crippen LogP contribution in [0.25, 0.3) is 0 Å². The topological polar surface area (TPSA) is 29.5 Å². The van der Waals surface area contributed by atoms with Gasteiger partial charge in [-0.3, -0.25) is 4.79 Å². The maximum absolute atomic E-state index is 12.7. The van der Waals surface area contributed by atoms with E-state index in [1.165, 1.54) is 32.1 Å². The molecule has 1 heterocycles. The highest BCUT2D eigenvalue weighted by molar-refractivity contribution is 6.32. The number of rotatable bonds is 4. The minimum atomic E-state index is 0.0830. The summed E-state index contributed by atoms with van der Waals surface area (Å²) in [6.45, 7) is 8.46. The summed E-state index contributed by atoms with van der Waals surface area (Å²) in [5.41, 5.74) is 0.898. The van der Waals surface area contributed by atoms with Gasteiger partial charge in [0.05, 0.1) is 11.6 Å². The minimum Gasteiger partial charge on any atom is -0.491 e. The third-order valence-electron chi connectivity index (χ3n) is 7.27. The number of carbonyl (C=O) groups excluding carboxylic acids is 1. The Morgan fingerprint density at radius 2 is 1.93 bits per heavy atom. The number of benzene rings is 1. The van der Waals surface area contributed by atoms with E-state index in [1.54, 1.807) is 6.07 Å². The predicted octanol–water partition coefficient (Wildman–Crippen LogP) is 6.20. The fourth-order valence-corrected chi connectivity index (χ4v) is 6.47. The lowest BCUT2D eigenvalue weighted by Crippen LogP contribution is -2.39. The van der Waals surface area contributed by atoms with Gasteiger partial charge in [-0.15, -0.1) is 0 Å². The number of ether oxygens (including phenoxy) is 1. The summed E-state index contributed by atoms with van der Waals surface area (Å²) in [5, 5.41) is 0.547. The third kappa shape index (κ3) is 4.20. The average Bonchev–Trinajstić information content (AvgIpc) is 3.04. The van der Waals surface area contributed by atoms with E-state index in [9.17, 15) is 4.79 Å². The maximum Gasteiger partial charge on any atom is 0.254 e. The Bertz CT molecular complexity index is 715. The molecule has 0 spiro atoms. The molecule has 0 N–H and O–H groups in total. The van der Waals surface area contributed by atoms with E-state index in [0.29, 0.717) is 29.0 Å². The zero-order chi connectivity index (χ0) is 19.9. The lowest BCUT2D eigenvalue weighted by Gasteiger charge is -2.47. The van der Waals surface area contributed by atoms with Gasteiger partial charge in [-0.2, -0.15) is 0 Å². The van der Waals surface area contributed by atoms with Crippen LogP contribution in [0.5, 0.6) is 5.75 Å². The maximum atomic E-state index is 12.7. The van der Waals surface area contributed by atoms with Crippen molar-refractivity contribution in [3.8, 4) is 5.75 Å². The normalized spacial score (nSPS) is 35.1. The molecular formula is C24H34ClNO2. The summed E-state index contributed by atoms with van der Waals surface area (Å²) >= 11 is 6.50. The number of halogens is 1. The Labute approximate surface area is 174 Å². The first-order valence-electron chi connectivity index (χ1n) is 11.1. The number of fused-ring (bicyclic) bond motifs is 2. The van der Waals surface area contributed by atoms with Crippen molar-refractivity contribution in [1.82, 2.24) is 4.90 Å². The second kappa shape index (κ2) is 7.89. The molecule has 2 bridgehead atoms. The van der Waals surface area contributed by atoms with Gasteiger partial charge in [0.1, 0.15) is 5.75 Å². The molecule has 1 aromatic carbocycles. The highest BCUT2D eigenvalue weighted by atomic mass is 35.5. The van der Waals surface area contributed by atoms with Crippen molar-refractivity contribution in [2.24, 2.45) is 23.2 Å². The molecule has 1 saturated heterocycles. The summed E-state index contributed by atoms with van der Waals surface area (Å²) in [6.07, 6.45) is 8.84. The second-order valence-corrected chi connectivity index (χ2v) is 10.6. The smallest absolute Gasteiger partial charge is 0.254 e. The van der Waals surface area contributed by atoms with E-state index in [1.807, 2.05) is 17.0 Å². The number of carbonyl (C=O) groups is 1. The van der Waals surface area contributed by atoms with Crippen molar-refractivity contribution in [2.75, 3.05) is 13.2 Å². The van der Waals surface area contributed by atoms with Crippen LogP contribution in [0.2, 0.25) is 5.02 Å². The van der Waals surface area contributed by atoms with Gasteiger partial charge in [-0.1, -0.05) is 25.4 Å². The zero-order valence-electron chi connectivity index (χ0n) is 17.5. The van der Waals surface area contributed by atoms with Crippen molar-refractivity contribution in [1.29, 1.82) is 0 Å². The van der Waals surface area contributed by atoms with Crippen LogP contribution in [0.15, 0.2) is 18.2 Å². The Hall–Kier alpha value is -1.22. The van der Waals surface area contributed by atoms with E-state index in [4.69, 9.17) is 16.3 Å². The fraction of sp³-hybridized carbons (Fsp3) is 0.708. The highest BCUT2D eigenvalue weighted by Gasteiger charge is 2.41. The largest absolute Gasteiger partial charge is 0.491 e. The number of amides is 1. The number of hydrogen-bond acceptors (Lipinski definition) is 2. The molecule has 2 aliphatic carbocycles. The molecule has 0 radical (unpaired) electrons. The van der Waals surface area contributed by atoms with Gasteiger partial charge in [-0.05, 0) is 87.8 Å². The summed E-state index contributed by atoms with van der Waals surface area (Å²) in [7, 11) is 0. The van der Waals surface area contributed by atoms with Crippen molar-refractivity contribution < 1.29 is 9.53 Å². The Balaban J connectivity index is 1.39. The second-order valence-electron chi connectivity index (χ2n) is 10.2. The lowest BCUT2D eigenvalue weighted by molar-refractivity contribution is 0.0146. The van der Waals surface area contributed by atoms with Gasteiger partial charge in [0, 0.05) is 23.6 Å². The van der Waals surface area contributed by atoms with Gasteiger partial charge in [-0.25, -0.2) is 0 Å². The fourth-order valence-electron chi connectivity index (χ4n) is 6.23. The van der Waals surface area contributed by atoms with Crippen molar-refractivity contribution in [2.45, 2.75) is 71.8 Å². The molecule has 3 fully saturated rings. The van der Waals surface area contributed by atoms with Crippen LogP contribution in [0.1, 0.15) is 76.1 Å². The zero-order valence-corrected chi connectivity index (χ0v) is 18.3. The van der Waals surface area contributed by atoms with E-state index >= 15 is 0 Å². The Morgan fingerprint density at radius 1 is 1.21 bits per heavy atom. The van der Waals surface area contributed by atoms with Gasteiger partial charge < -0.3 is 9.64 Å². The van der Waals surface area contributed by atoms with Gasteiger partial charge in [0.15, 0.2) is 0 Å². The summed E-state index contributed by atoms with van der Waals surface area (Å²) in [6, 6.07) is 5.85. The molecular weight excluding hydrogens is 370 g/mol. The van der Waals surface area contributed by atoms with Crippen LogP contribution in [0.4, 0.5) is 0 Å². The van der Waals surface area contributed by atoms with E-state index in [0.717, 1.165) is 37.1 Å². The molecule has 3 aliphatic rings. The van der Waals surface area contributed by atoms with E-state index in [-0.39, 0.29) is 11.3 Å². The molecule has 4 rings (SSSR count). The molecule has 0 aromatic heterocycles. The number of likely N-dealkylation sites (tertiary alicyclic amines) is 1. The molecule has 28 heavy (non-hydrogen) atoms. The molecule has 1 aliphatic heterocycles. The quantitative estimate of drug-likeness (QED) is 0.599. The van der Waals surface area contributed by atoms with Crippen LogP contribution in [0, 0.1) is 23.2 Å². The number of hydrogen-bond donors (Lipinski definition) is 0. The standard InChI is InChI=1S/C24H34ClNO2/c1-16-9-18-11-19(10-16)14-24(3,13-18)15-28-22-7-6-20(12-21(22)25)23(27)26-8-4-5-17(26)2/h6-7,12,16-19H,4-5,8-11,13-15H2,1-3H3. The van der Waals surface area contributed by atoms with E-state index < -0.39 is 0 Å². The van der Waals surface area contributed by atoms with Crippen LogP contribution in [-0.4, -0.2) is 30.0 Å². The highest BCUT2D eigenvalue weighted by Crippen LogP contribution is 2.50. The molecule has 4 heteroatoms. The van der Waals surface area contributed by atoms with Crippen LogP contribution in [-0.2, 0) is 0 Å². The average molecular weight is 404 g/mol. The monoisotopic (exact) mass is 403 g/mol. The van der Waals surface area contributed by atoms with Crippen molar-refractivity contribution in [3.05, 3.63) is 28.8 Å². The minimum absolute atomic E-state index is 0.0830. The molecule has 1 amide bonds. The SMILES string of the molecule is CC1CC2CC(C1)CC(C)(COc1ccc(C(=O)N3CCCC3C)cc1Cl)C2. The van der Waals surface area contributed by atoms with Gasteiger partial charge in [0.2, 0.25) is 0 Å². The van der Waals surface area contributed by atoms with Gasteiger partial charge >= 0.3 is 0 Å². The van der Waals surface area contributed by atoms with Crippen molar-refractivity contribution >= 4 is 17.5 Å². The van der Waals surface area contributed by atoms with Crippen LogP contribution < -0.4 is 4.74 Å². The summed E-state index contributed by atoms with van der Waals surface area (Å²) in [5.74, 6) is 3.38. The predicted molar refractivity (Wildman–Crippen MR) is 114 cm³/mol. The molecule has 3 unspecified atom stereocenters. The van der Waals surface area contributed by atoms with Crippen molar-refractivity contribution in [3.63, 3.8) is 0 Å². The summed E-state index contributed by atoms with van der Waals surface area (Å²) in [4.78, 5) is 14.7. The van der Waals surface area contributed by atoms with Crippen LogP contribution >= 0.6 is 11.6 Å². The van der Waals surface area contributed by atoms with Crippen LogP contribution in [0.3, 0.4) is 0 Å². The molecule has 154 valence electrons. The summed E-state index contributed by atoms with van der Waals surface area (Å²) < 4.78 is 6.20. The van der Waals surface area contributed by atoms with E-state index in [2.05, 4.69) is 20.8 Å². The lowest BCUT2D eigenvalue weighted by atomic mass is 9.60.